The summed E-state index contributed by atoms with van der Waals surface area (Å²) in [6.07, 6.45) is 0. The normalized spacial score (nSPS) is 10.2. The van der Waals surface area contributed by atoms with Crippen molar-refractivity contribution in [2.45, 2.75) is 10.6 Å². The van der Waals surface area contributed by atoms with E-state index in [1.54, 1.807) is 14.2 Å². The third kappa shape index (κ3) is 3.37. The molecule has 0 bridgehead atoms. The molecule has 77 valence electrons. The summed E-state index contributed by atoms with van der Waals surface area (Å²) in [5, 5.41) is 0. The van der Waals surface area contributed by atoms with Crippen LogP contribution >= 0.6 is 11.6 Å². The monoisotopic (exact) mass is 249 g/mol. The van der Waals surface area contributed by atoms with E-state index in [1.807, 2.05) is 18.2 Å². The molecule has 0 spiro atoms. The van der Waals surface area contributed by atoms with Gasteiger partial charge in [-0.25, -0.2) is 0 Å². The summed E-state index contributed by atoms with van der Waals surface area (Å²) in [5.74, 6) is 0.551. The number of hydrogen-bond donors (Lipinski definition) is 0. The van der Waals surface area contributed by atoms with E-state index in [1.165, 1.54) is 11.1 Å². The van der Waals surface area contributed by atoms with Gasteiger partial charge in [0.05, 0.1) is 0 Å². The molecule has 0 aliphatic heterocycles. The zero-order valence-corrected chi connectivity index (χ0v) is 10.7. The van der Waals surface area contributed by atoms with Crippen molar-refractivity contribution in [3.63, 3.8) is 0 Å². The molecule has 0 amide bonds. The zero-order chi connectivity index (χ0) is 10.4. The maximum absolute atomic E-state index is 5.84. The first-order valence-corrected chi connectivity index (χ1v) is 7.29. The molecule has 0 unspecified atom stereocenters. The summed E-state index contributed by atoms with van der Waals surface area (Å²) in [5.41, 5.74) is 2.43. The topological polar surface area (TPSA) is 18.5 Å². The summed E-state index contributed by atoms with van der Waals surface area (Å²) in [7, 11) is 3.42. The van der Waals surface area contributed by atoms with Crippen LogP contribution in [0, 0.1) is 0 Å². The number of halogens is 1. The van der Waals surface area contributed by atoms with Crippen molar-refractivity contribution in [2.24, 2.45) is 0 Å². The van der Waals surface area contributed by atoms with Gasteiger partial charge in [0.2, 0.25) is 0 Å². The van der Waals surface area contributed by atoms with Crippen LogP contribution in [0.25, 0.3) is 0 Å². The van der Waals surface area contributed by atoms with Gasteiger partial charge < -0.3 is 0 Å². The van der Waals surface area contributed by atoms with Crippen molar-refractivity contribution in [1.29, 1.82) is 0 Å². The van der Waals surface area contributed by atoms with Gasteiger partial charge in [0.25, 0.3) is 0 Å². The predicted octanol–water partition coefficient (Wildman–Crippen LogP) is 2.67. The van der Waals surface area contributed by atoms with Gasteiger partial charge in [-0.3, -0.25) is 0 Å². The van der Waals surface area contributed by atoms with E-state index >= 15 is 0 Å². The molecular weight excluding hydrogens is 235 g/mol. The van der Waals surface area contributed by atoms with Gasteiger partial charge in [0, 0.05) is 0 Å². The molecule has 0 saturated heterocycles. The van der Waals surface area contributed by atoms with Crippen LogP contribution in [0.15, 0.2) is 24.3 Å². The molecule has 2 nitrogen and oxygen atoms in total. The Labute approximate surface area is 97.0 Å². The van der Waals surface area contributed by atoms with Crippen molar-refractivity contribution in [3.05, 3.63) is 35.4 Å². The first kappa shape index (κ1) is 12.2. The van der Waals surface area contributed by atoms with Gasteiger partial charge in [0.15, 0.2) is 0 Å². The van der Waals surface area contributed by atoms with E-state index in [2.05, 4.69) is 6.07 Å². The van der Waals surface area contributed by atoms with E-state index in [9.17, 15) is 0 Å². The Hall–Kier alpha value is 0.144. The van der Waals surface area contributed by atoms with Crippen LogP contribution in [0.2, 0.25) is 0 Å². The van der Waals surface area contributed by atoms with Crippen LogP contribution in [0.5, 0.6) is 0 Å². The van der Waals surface area contributed by atoms with E-state index < -0.39 is 18.6 Å². The first-order valence-electron chi connectivity index (χ1n) is 4.38. The molecular formula is C10H14ClO2Ti. The number of hydrogen-bond acceptors (Lipinski definition) is 2. The number of benzene rings is 1. The standard InChI is InChI=1S/C8H8Cl.2CH3O.Ti/c1-7-4-2-3-5-8(7)6-9;2*1-2;/h2-5H,1,6H2;2*1H3;/q;2*-1;+2. The second kappa shape index (κ2) is 6.60. The summed E-state index contributed by atoms with van der Waals surface area (Å²) in [6, 6.07) is 8.15. The Morgan fingerprint density at radius 3 is 2.21 bits per heavy atom. The third-order valence-corrected chi connectivity index (χ3v) is 4.81. The van der Waals surface area contributed by atoms with Gasteiger partial charge >= 0.3 is 97.1 Å². The van der Waals surface area contributed by atoms with Crippen molar-refractivity contribution in [1.82, 2.24) is 0 Å². The number of alkyl halides is 1. The molecule has 0 atom stereocenters. The molecule has 0 heterocycles. The molecule has 0 fully saturated rings. The summed E-state index contributed by atoms with van der Waals surface area (Å²) in [4.78, 5) is 0. The van der Waals surface area contributed by atoms with Crippen LogP contribution in [0.3, 0.4) is 0 Å². The summed E-state index contributed by atoms with van der Waals surface area (Å²) in [6.45, 7) is 0. The van der Waals surface area contributed by atoms with Gasteiger partial charge in [0.1, 0.15) is 0 Å². The fourth-order valence-corrected chi connectivity index (χ4v) is 3.24. The van der Waals surface area contributed by atoms with Crippen LogP contribution in [0.1, 0.15) is 11.1 Å². The fourth-order valence-electron chi connectivity index (χ4n) is 1.24. The van der Waals surface area contributed by atoms with Gasteiger partial charge in [-0.05, 0) is 0 Å². The molecule has 4 heteroatoms. The molecule has 0 aromatic heterocycles. The van der Waals surface area contributed by atoms with Crippen LogP contribution in [-0.2, 0) is 35.9 Å². The predicted molar refractivity (Wildman–Crippen MR) is 53.7 cm³/mol. The molecule has 14 heavy (non-hydrogen) atoms. The van der Waals surface area contributed by atoms with Gasteiger partial charge in [-0.1, -0.05) is 0 Å². The average molecular weight is 250 g/mol. The second-order valence-electron chi connectivity index (χ2n) is 2.86. The Bertz CT molecular complexity index is 277. The molecule has 1 aromatic rings. The number of rotatable bonds is 5. The van der Waals surface area contributed by atoms with Crippen molar-refractivity contribution < 1.29 is 25.3 Å². The second-order valence-corrected chi connectivity index (χ2v) is 6.12. The van der Waals surface area contributed by atoms with Crippen molar-refractivity contribution in [3.8, 4) is 0 Å². The van der Waals surface area contributed by atoms with Crippen LogP contribution in [0.4, 0.5) is 0 Å². The summed E-state index contributed by atoms with van der Waals surface area (Å²) < 4.78 is 11.5. The third-order valence-electron chi connectivity index (χ3n) is 2.05. The molecule has 1 rings (SSSR count). The van der Waals surface area contributed by atoms with Gasteiger partial charge in [-0.15, -0.1) is 0 Å². The SMILES string of the molecule is C[O][Ti]([CH2]c1ccccc1CCl)[O]C. The molecule has 0 saturated carbocycles. The van der Waals surface area contributed by atoms with E-state index in [-0.39, 0.29) is 0 Å². The first-order chi connectivity index (χ1) is 6.81. The Morgan fingerprint density at radius 1 is 1.14 bits per heavy atom. The Balaban J connectivity index is 2.74. The Kier molecular flexibility index (Phi) is 5.75. The Morgan fingerprint density at radius 2 is 1.71 bits per heavy atom. The average Bonchev–Trinajstić information content (AvgIpc) is 2.26. The van der Waals surface area contributed by atoms with E-state index in [4.69, 9.17) is 18.2 Å². The molecule has 0 aliphatic rings. The maximum atomic E-state index is 5.84. The fraction of sp³-hybridized carbons (Fsp3) is 0.400. The summed E-state index contributed by atoms with van der Waals surface area (Å²) >= 11 is 4.05. The quantitative estimate of drug-likeness (QED) is 0.590. The van der Waals surface area contributed by atoms with Gasteiger partial charge in [-0.2, -0.15) is 0 Å². The van der Waals surface area contributed by atoms with Crippen LogP contribution in [-0.4, -0.2) is 14.2 Å². The minimum absolute atomic E-state index is 0.551. The minimum atomic E-state index is -1.78. The van der Waals surface area contributed by atoms with Crippen LogP contribution < -0.4 is 0 Å². The van der Waals surface area contributed by atoms with Crippen molar-refractivity contribution >= 4 is 11.6 Å². The van der Waals surface area contributed by atoms with Crippen molar-refractivity contribution in [2.75, 3.05) is 14.2 Å². The zero-order valence-electron chi connectivity index (χ0n) is 8.42. The molecule has 0 N–H and O–H groups in total. The molecule has 1 aromatic carbocycles. The molecule has 0 aliphatic carbocycles. The van der Waals surface area contributed by atoms with E-state index in [0.717, 1.165) is 4.73 Å². The molecule has 0 radical (unpaired) electrons. The van der Waals surface area contributed by atoms with E-state index in [0.29, 0.717) is 5.88 Å².